The SMILES string of the molecule is [B]C(=O)O.c1ccc(P(c2ccccc2)c2ccccc2)cc1. The minimum atomic E-state index is -1.33. The molecule has 2 radical (unpaired) electrons. The molecule has 0 aliphatic heterocycles. The van der Waals surface area contributed by atoms with E-state index in [1.54, 1.807) is 0 Å². The second-order valence-electron chi connectivity index (χ2n) is 4.68. The van der Waals surface area contributed by atoms with Gasteiger partial charge in [-0.2, -0.15) is 0 Å². The molecular weight excluding hydrogens is 302 g/mol. The van der Waals surface area contributed by atoms with Gasteiger partial charge in [-0.3, -0.25) is 4.79 Å². The van der Waals surface area contributed by atoms with Crippen molar-refractivity contribution in [3.8, 4) is 0 Å². The van der Waals surface area contributed by atoms with Gasteiger partial charge in [-0.25, -0.2) is 0 Å². The molecule has 0 aliphatic rings. The predicted octanol–water partition coefficient (Wildman–Crippen LogP) is 3.28. The summed E-state index contributed by atoms with van der Waals surface area (Å²) < 4.78 is 0. The van der Waals surface area contributed by atoms with E-state index in [-0.39, 0.29) is 0 Å². The van der Waals surface area contributed by atoms with Crippen LogP contribution >= 0.6 is 7.92 Å². The molecule has 2 nitrogen and oxygen atoms in total. The minimum absolute atomic E-state index is 0.446. The zero-order valence-electron chi connectivity index (χ0n) is 12.5. The molecule has 0 unspecified atom stereocenters. The van der Waals surface area contributed by atoms with Gasteiger partial charge in [0.05, 0.1) is 0 Å². The van der Waals surface area contributed by atoms with Gasteiger partial charge in [-0.05, 0) is 23.8 Å². The fourth-order valence-electron chi connectivity index (χ4n) is 2.18. The van der Waals surface area contributed by atoms with Gasteiger partial charge in [0.2, 0.25) is 13.7 Å². The fourth-order valence-corrected chi connectivity index (χ4v) is 4.48. The summed E-state index contributed by atoms with van der Waals surface area (Å²) in [5.41, 5.74) is 0. The topological polar surface area (TPSA) is 37.3 Å². The second kappa shape index (κ2) is 8.92. The van der Waals surface area contributed by atoms with Gasteiger partial charge in [0.1, 0.15) is 0 Å². The first-order valence-electron chi connectivity index (χ1n) is 7.12. The van der Waals surface area contributed by atoms with Crippen molar-refractivity contribution < 1.29 is 9.90 Å². The van der Waals surface area contributed by atoms with Crippen molar-refractivity contribution in [3.63, 3.8) is 0 Å². The van der Waals surface area contributed by atoms with Crippen molar-refractivity contribution in [2.24, 2.45) is 0 Å². The summed E-state index contributed by atoms with van der Waals surface area (Å²) in [6.45, 7) is 0. The number of hydrogen-bond acceptors (Lipinski definition) is 1. The average Bonchev–Trinajstić information content (AvgIpc) is 2.58. The molecule has 0 bridgehead atoms. The number of carboxylic acid groups (broad SMARTS) is 1. The highest BCUT2D eigenvalue weighted by atomic mass is 31.1. The van der Waals surface area contributed by atoms with Crippen LogP contribution in [0.1, 0.15) is 0 Å². The van der Waals surface area contributed by atoms with Crippen LogP contribution in [0, 0.1) is 0 Å². The summed E-state index contributed by atoms with van der Waals surface area (Å²) in [5, 5.41) is 11.4. The first kappa shape index (κ1) is 17.0. The lowest BCUT2D eigenvalue weighted by Gasteiger charge is -2.18. The van der Waals surface area contributed by atoms with Gasteiger partial charge in [0.15, 0.2) is 0 Å². The van der Waals surface area contributed by atoms with Gasteiger partial charge in [0, 0.05) is 0 Å². The number of rotatable bonds is 3. The molecule has 23 heavy (non-hydrogen) atoms. The first-order valence-corrected chi connectivity index (χ1v) is 8.46. The number of hydrogen-bond donors (Lipinski definition) is 1. The standard InChI is InChI=1S/C18H15P.CHBO2/c1-4-10-16(11-5-1)19(17-12-6-2-7-13-17)18-14-8-3-9-15-18;2-1(3)4/h1-15H;(H,3,4). The number of benzene rings is 3. The molecule has 0 spiro atoms. The summed E-state index contributed by atoms with van der Waals surface area (Å²) in [4.78, 5) is 8.78. The normalized spacial score (nSPS) is 9.78. The van der Waals surface area contributed by atoms with Gasteiger partial charge < -0.3 is 5.11 Å². The third kappa shape index (κ3) is 5.39. The molecule has 3 aromatic carbocycles. The molecule has 0 aliphatic carbocycles. The van der Waals surface area contributed by atoms with E-state index in [0.29, 0.717) is 0 Å². The predicted molar refractivity (Wildman–Crippen MR) is 98.9 cm³/mol. The first-order chi connectivity index (χ1) is 11.2. The maximum Gasteiger partial charge on any atom is 0.233 e. The Morgan fingerprint density at radius 1 is 0.652 bits per heavy atom. The Morgan fingerprint density at radius 3 is 1.09 bits per heavy atom. The van der Waals surface area contributed by atoms with Crippen LogP contribution in [0.25, 0.3) is 0 Å². The summed E-state index contributed by atoms with van der Waals surface area (Å²) in [6.07, 6.45) is 0. The van der Waals surface area contributed by atoms with Crippen LogP contribution in [0.15, 0.2) is 91.0 Å². The molecule has 112 valence electrons. The summed E-state index contributed by atoms with van der Waals surface area (Å²) in [6, 6.07) is 32.3. The molecule has 1 N–H and O–H groups in total. The van der Waals surface area contributed by atoms with Gasteiger partial charge in [-0.1, -0.05) is 91.0 Å². The molecule has 3 rings (SSSR count). The molecule has 0 atom stereocenters. The highest BCUT2D eigenvalue weighted by Crippen LogP contribution is 2.32. The quantitative estimate of drug-likeness (QED) is 0.594. The van der Waals surface area contributed by atoms with Crippen LogP contribution in [0.4, 0.5) is 4.79 Å². The third-order valence-corrected chi connectivity index (χ3v) is 5.49. The van der Waals surface area contributed by atoms with E-state index in [2.05, 4.69) is 98.8 Å². The lowest BCUT2D eigenvalue weighted by molar-refractivity contribution is 0.220. The molecule has 0 saturated carbocycles. The Bertz CT molecular complexity index is 620. The van der Waals surface area contributed by atoms with E-state index in [1.807, 2.05) is 0 Å². The monoisotopic (exact) mass is 318 g/mol. The maximum atomic E-state index is 8.78. The van der Waals surface area contributed by atoms with Crippen molar-refractivity contribution in [1.29, 1.82) is 0 Å². The van der Waals surface area contributed by atoms with Crippen molar-refractivity contribution in [2.75, 3.05) is 0 Å². The van der Waals surface area contributed by atoms with Crippen LogP contribution in [-0.4, -0.2) is 18.8 Å². The van der Waals surface area contributed by atoms with Gasteiger partial charge in [0.25, 0.3) is 0 Å². The van der Waals surface area contributed by atoms with Crippen LogP contribution in [0.5, 0.6) is 0 Å². The Labute approximate surface area is 139 Å². The highest BCUT2D eigenvalue weighted by molar-refractivity contribution is 7.79. The zero-order valence-corrected chi connectivity index (χ0v) is 13.4. The van der Waals surface area contributed by atoms with E-state index >= 15 is 0 Å². The van der Waals surface area contributed by atoms with E-state index < -0.39 is 13.8 Å². The largest absolute Gasteiger partial charge is 0.490 e. The molecule has 0 fully saturated rings. The van der Waals surface area contributed by atoms with Crippen molar-refractivity contribution in [3.05, 3.63) is 91.0 Å². The molecule has 0 saturated heterocycles. The van der Waals surface area contributed by atoms with E-state index in [9.17, 15) is 0 Å². The molecule has 0 amide bonds. The second-order valence-corrected chi connectivity index (χ2v) is 6.90. The van der Waals surface area contributed by atoms with E-state index in [1.165, 1.54) is 15.9 Å². The molecule has 3 aromatic rings. The maximum absolute atomic E-state index is 8.78. The van der Waals surface area contributed by atoms with E-state index in [0.717, 1.165) is 0 Å². The Morgan fingerprint density at radius 2 is 0.870 bits per heavy atom. The fraction of sp³-hybridized carbons (Fsp3) is 0. The van der Waals surface area contributed by atoms with Crippen LogP contribution in [0.2, 0.25) is 0 Å². The molecule has 0 heterocycles. The molecule has 0 aromatic heterocycles. The van der Waals surface area contributed by atoms with Crippen LogP contribution in [-0.2, 0) is 0 Å². The van der Waals surface area contributed by atoms with Gasteiger partial charge in [-0.15, -0.1) is 0 Å². The van der Waals surface area contributed by atoms with Crippen molar-refractivity contribution in [1.82, 2.24) is 0 Å². The Kier molecular flexibility index (Phi) is 6.59. The van der Waals surface area contributed by atoms with Crippen molar-refractivity contribution in [2.45, 2.75) is 0 Å². The van der Waals surface area contributed by atoms with E-state index in [4.69, 9.17) is 9.90 Å². The van der Waals surface area contributed by atoms with Crippen LogP contribution in [0.3, 0.4) is 0 Å². The highest BCUT2D eigenvalue weighted by Gasteiger charge is 2.14. The lowest BCUT2D eigenvalue weighted by atomic mass is 10.2. The third-order valence-electron chi connectivity index (χ3n) is 3.04. The summed E-state index contributed by atoms with van der Waals surface area (Å²) >= 11 is 0. The Hall–Kier alpha value is -2.38. The van der Waals surface area contributed by atoms with Gasteiger partial charge >= 0.3 is 0 Å². The summed E-state index contributed by atoms with van der Waals surface area (Å²) in [7, 11) is 3.58. The zero-order chi connectivity index (χ0) is 16.5. The number of carbonyl (C=O) groups is 1. The van der Waals surface area contributed by atoms with Crippen molar-refractivity contribution >= 4 is 37.6 Å². The summed E-state index contributed by atoms with van der Waals surface area (Å²) in [5.74, 6) is -1.33. The average molecular weight is 318 g/mol. The molecule has 4 heteroatoms. The lowest BCUT2D eigenvalue weighted by Crippen LogP contribution is -2.20. The molecular formula is C19H16BO2P. The van der Waals surface area contributed by atoms with Crippen LogP contribution < -0.4 is 15.9 Å². The Balaban J connectivity index is 0.000000433. The minimum Gasteiger partial charge on any atom is -0.490 e. The smallest absolute Gasteiger partial charge is 0.233 e.